The van der Waals surface area contributed by atoms with Gasteiger partial charge in [-0.2, -0.15) is 0 Å². The van der Waals surface area contributed by atoms with E-state index in [-0.39, 0.29) is 16.2 Å². The maximum Gasteiger partial charge on any atom is 0.165 e. The molecule has 0 spiro atoms. The summed E-state index contributed by atoms with van der Waals surface area (Å²) in [6.45, 7) is 15.9. The van der Waals surface area contributed by atoms with Crippen molar-refractivity contribution in [1.29, 1.82) is 0 Å². The molecular weight excluding hydrogens is 493 g/mol. The van der Waals surface area contributed by atoms with E-state index in [1.165, 1.54) is 17.1 Å². The van der Waals surface area contributed by atoms with Gasteiger partial charge in [0.15, 0.2) is 6.71 Å². The molecule has 6 aliphatic rings. The smallest absolute Gasteiger partial charge is 0.165 e. The number of benzene rings is 2. The van der Waals surface area contributed by atoms with Crippen LogP contribution in [0.2, 0.25) is 17.5 Å². The van der Waals surface area contributed by atoms with E-state index in [0.29, 0.717) is 41.9 Å². The number of nitrogens with zero attached hydrogens (tertiary/aromatic N) is 1. The Morgan fingerprint density at radius 3 is 1.51 bits per heavy atom. The van der Waals surface area contributed by atoms with Crippen molar-refractivity contribution >= 4 is 18.1 Å². The molecule has 3 aliphatic heterocycles. The largest absolute Gasteiger partial charge is 0.311 e. The Kier molecular flexibility index (Phi) is 5.22. The molecular formula is C39H42BN. The first-order valence-electron chi connectivity index (χ1n) is 15.8. The molecule has 0 bridgehead atoms. The molecule has 3 fully saturated rings. The van der Waals surface area contributed by atoms with Gasteiger partial charge in [-0.05, 0) is 81.8 Å². The Morgan fingerprint density at radius 2 is 1.00 bits per heavy atom. The van der Waals surface area contributed by atoms with Crippen LogP contribution in [0.25, 0.3) is 0 Å². The molecule has 1 nitrogen and oxygen atoms in total. The summed E-state index contributed by atoms with van der Waals surface area (Å²) in [5.41, 5.74) is 9.16. The van der Waals surface area contributed by atoms with E-state index in [4.69, 9.17) is 0 Å². The van der Waals surface area contributed by atoms with E-state index < -0.39 is 0 Å². The van der Waals surface area contributed by atoms with Crippen molar-refractivity contribution in [3.8, 4) is 0 Å². The third-order valence-corrected chi connectivity index (χ3v) is 12.3. The van der Waals surface area contributed by atoms with Crippen LogP contribution in [0.1, 0.15) is 41.5 Å². The minimum absolute atomic E-state index is 0.0728. The first kappa shape index (κ1) is 25.5. The maximum atomic E-state index is 2.68. The van der Waals surface area contributed by atoms with Gasteiger partial charge in [0, 0.05) is 17.1 Å². The molecule has 0 aromatic heterocycles. The summed E-state index contributed by atoms with van der Waals surface area (Å²) in [5.74, 6) is 3.29. The van der Waals surface area contributed by atoms with Crippen molar-refractivity contribution in [2.75, 3.05) is 4.90 Å². The van der Waals surface area contributed by atoms with E-state index in [1.54, 1.807) is 16.7 Å². The zero-order valence-corrected chi connectivity index (χ0v) is 25.4. The highest BCUT2D eigenvalue weighted by Crippen LogP contribution is 2.76. The number of rotatable bonds is 3. The van der Waals surface area contributed by atoms with Crippen LogP contribution in [0.15, 0.2) is 132 Å². The summed E-state index contributed by atoms with van der Waals surface area (Å²) in [6.07, 6.45) is 20.3. The van der Waals surface area contributed by atoms with Gasteiger partial charge in [-0.15, -0.1) is 0 Å². The molecule has 2 heteroatoms. The highest BCUT2D eigenvalue weighted by molar-refractivity contribution is 6.68. The van der Waals surface area contributed by atoms with Crippen LogP contribution < -0.4 is 4.90 Å². The predicted octanol–water partition coefficient (Wildman–Crippen LogP) is 10.2. The van der Waals surface area contributed by atoms with Gasteiger partial charge in [-0.3, -0.25) is 0 Å². The van der Waals surface area contributed by atoms with Crippen molar-refractivity contribution in [3.05, 3.63) is 132 Å². The number of para-hydroxylation sites is 2. The molecule has 6 atom stereocenters. The van der Waals surface area contributed by atoms with Crippen LogP contribution in [0.5, 0.6) is 0 Å². The third kappa shape index (κ3) is 3.25. The maximum absolute atomic E-state index is 2.68. The van der Waals surface area contributed by atoms with Crippen molar-refractivity contribution in [2.45, 2.75) is 59.0 Å². The van der Waals surface area contributed by atoms with Gasteiger partial charge >= 0.3 is 0 Å². The Labute approximate surface area is 247 Å². The monoisotopic (exact) mass is 535 g/mol. The van der Waals surface area contributed by atoms with Crippen molar-refractivity contribution in [3.63, 3.8) is 0 Å². The van der Waals surface area contributed by atoms with E-state index in [2.05, 4.69) is 156 Å². The lowest BCUT2D eigenvalue weighted by atomic mass is 9.10. The molecule has 206 valence electrons. The highest BCUT2D eigenvalue weighted by Gasteiger charge is 2.69. The lowest BCUT2D eigenvalue weighted by Gasteiger charge is -2.69. The van der Waals surface area contributed by atoms with E-state index in [1.807, 2.05) is 0 Å². The molecule has 0 radical (unpaired) electrons. The number of hydrogen-bond acceptors (Lipinski definition) is 1. The molecule has 0 N–H and O–H groups in total. The molecule has 3 saturated heterocycles. The minimum atomic E-state index is 0.0728. The van der Waals surface area contributed by atoms with Crippen LogP contribution in [-0.2, 0) is 0 Å². The number of hydrogen-bond donors (Lipinski definition) is 0. The topological polar surface area (TPSA) is 3.24 Å². The Hall–Kier alpha value is -3.26. The lowest BCUT2D eigenvalue weighted by Crippen LogP contribution is -2.63. The normalized spacial score (nSPS) is 34.0. The van der Waals surface area contributed by atoms with Crippen LogP contribution in [0.4, 0.5) is 11.4 Å². The second-order valence-corrected chi connectivity index (χ2v) is 15.1. The van der Waals surface area contributed by atoms with Gasteiger partial charge in [0.25, 0.3) is 0 Å². The summed E-state index contributed by atoms with van der Waals surface area (Å²) < 4.78 is 0. The second kappa shape index (κ2) is 8.40. The second-order valence-electron chi connectivity index (χ2n) is 15.1. The van der Waals surface area contributed by atoms with E-state index >= 15 is 0 Å². The van der Waals surface area contributed by atoms with Gasteiger partial charge in [0.2, 0.25) is 0 Å². The summed E-state index contributed by atoms with van der Waals surface area (Å²) in [6, 6.07) is 21.9. The fraction of sp³-hybridized carbons (Fsp3) is 0.385. The Balaban J connectivity index is 1.39. The van der Waals surface area contributed by atoms with Crippen molar-refractivity contribution < 1.29 is 0 Å². The molecule has 3 heterocycles. The van der Waals surface area contributed by atoms with Gasteiger partial charge < -0.3 is 4.90 Å². The summed E-state index contributed by atoms with van der Waals surface area (Å²) in [7, 11) is 0. The zero-order chi connectivity index (χ0) is 28.3. The summed E-state index contributed by atoms with van der Waals surface area (Å²) >= 11 is 0. The standard InChI is InChI=1S/C39H42BN/c1-37(2)28-19-13-21-30-34(28)40-35-29(37)20-14-22-31(35)39(5,6)33-24-27(23-32(36(33)40)38(30,3)4)41(25-15-9-7-10-16-25)26-17-11-8-12-18-26/h7-24,28,31-32,34-36H,1-6H3. The van der Waals surface area contributed by atoms with Gasteiger partial charge in [0.1, 0.15) is 0 Å². The van der Waals surface area contributed by atoms with Crippen LogP contribution in [0, 0.1) is 34.0 Å². The quantitative estimate of drug-likeness (QED) is 0.354. The number of anilines is 2. The first-order valence-corrected chi connectivity index (χ1v) is 15.8. The fourth-order valence-corrected chi connectivity index (χ4v) is 10.5. The first-order chi connectivity index (χ1) is 19.6. The minimum Gasteiger partial charge on any atom is -0.311 e. The molecule has 0 amide bonds. The SMILES string of the molecule is CC1(C)C2=CC=CC3C2B2C4C(=CC=CC41)C(C)(C)C1C=C(N(c4ccccc4)c4ccccc4)C=C(C21)C3(C)C. The van der Waals surface area contributed by atoms with Crippen molar-refractivity contribution in [2.24, 2.45) is 34.0 Å². The zero-order valence-electron chi connectivity index (χ0n) is 25.4. The fourth-order valence-electron chi connectivity index (χ4n) is 10.5. The molecule has 41 heavy (non-hydrogen) atoms. The molecule has 3 aliphatic carbocycles. The molecule has 2 aromatic carbocycles. The van der Waals surface area contributed by atoms with E-state index in [9.17, 15) is 0 Å². The highest BCUT2D eigenvalue weighted by atomic mass is 15.1. The predicted molar refractivity (Wildman–Crippen MR) is 174 cm³/mol. The summed E-state index contributed by atoms with van der Waals surface area (Å²) in [5, 5.41) is 0. The van der Waals surface area contributed by atoms with Gasteiger partial charge in [0.05, 0.1) is 0 Å². The third-order valence-electron chi connectivity index (χ3n) is 12.3. The molecule has 6 unspecified atom stereocenters. The van der Waals surface area contributed by atoms with Gasteiger partial charge in [-0.25, -0.2) is 0 Å². The van der Waals surface area contributed by atoms with E-state index in [0.717, 1.165) is 0 Å². The molecule has 8 rings (SSSR count). The number of allylic oxidation sites excluding steroid dienone is 11. The van der Waals surface area contributed by atoms with Gasteiger partial charge in [-0.1, -0.05) is 137 Å². The lowest BCUT2D eigenvalue weighted by molar-refractivity contribution is 0.162. The Morgan fingerprint density at radius 1 is 0.561 bits per heavy atom. The molecule has 2 aromatic rings. The summed E-state index contributed by atoms with van der Waals surface area (Å²) in [4.78, 5) is 2.50. The average molecular weight is 536 g/mol. The molecule has 0 saturated carbocycles. The van der Waals surface area contributed by atoms with Crippen LogP contribution in [0.3, 0.4) is 0 Å². The van der Waals surface area contributed by atoms with Crippen molar-refractivity contribution in [1.82, 2.24) is 0 Å². The average Bonchev–Trinajstić information content (AvgIpc) is 2.97. The Bertz CT molecular complexity index is 1550. The van der Waals surface area contributed by atoms with Crippen LogP contribution >= 0.6 is 0 Å². The van der Waals surface area contributed by atoms with Crippen LogP contribution in [-0.4, -0.2) is 6.71 Å².